The van der Waals surface area contributed by atoms with E-state index in [1.165, 1.54) is 0 Å². The zero-order valence-electron chi connectivity index (χ0n) is 11.8. The Hall–Kier alpha value is -2.21. The Kier molecular flexibility index (Phi) is 3.47. The molecule has 0 saturated heterocycles. The van der Waals surface area contributed by atoms with E-state index in [0.717, 1.165) is 16.2 Å². The summed E-state index contributed by atoms with van der Waals surface area (Å²) in [7, 11) is 0. The number of anilines is 1. The molecular formula is C15H15N3O2S. The van der Waals surface area contributed by atoms with Gasteiger partial charge >= 0.3 is 0 Å². The first kappa shape index (κ1) is 13.8. The van der Waals surface area contributed by atoms with E-state index in [-0.39, 0.29) is 5.91 Å². The second-order valence-electron chi connectivity index (χ2n) is 5.19. The van der Waals surface area contributed by atoms with Crippen molar-refractivity contribution in [3.05, 3.63) is 46.3 Å². The van der Waals surface area contributed by atoms with Crippen LogP contribution < -0.4 is 5.32 Å². The van der Waals surface area contributed by atoms with Crippen LogP contribution in [0.25, 0.3) is 0 Å². The molecule has 2 aromatic rings. The predicted molar refractivity (Wildman–Crippen MR) is 82.6 cm³/mol. The summed E-state index contributed by atoms with van der Waals surface area (Å²) in [5, 5.41) is 8.80. The molecule has 0 radical (unpaired) electrons. The van der Waals surface area contributed by atoms with Crippen molar-refractivity contribution in [2.45, 2.75) is 25.9 Å². The number of carbonyl (C=O) groups is 1. The number of nitrogens with zero attached hydrogens (tertiary/aromatic N) is 2. The van der Waals surface area contributed by atoms with Crippen LogP contribution in [0.3, 0.4) is 0 Å². The van der Waals surface area contributed by atoms with E-state index in [2.05, 4.69) is 15.5 Å². The van der Waals surface area contributed by atoms with Crippen LogP contribution >= 0.6 is 11.3 Å². The molecular weight excluding hydrogens is 286 g/mol. The number of amides is 1. The molecule has 0 saturated carbocycles. The summed E-state index contributed by atoms with van der Waals surface area (Å²) < 4.78 is 0. The number of aromatic nitrogens is 1. The van der Waals surface area contributed by atoms with E-state index < -0.39 is 5.60 Å². The molecule has 1 aliphatic heterocycles. The van der Waals surface area contributed by atoms with Gasteiger partial charge in [-0.25, -0.2) is 4.98 Å². The maximum absolute atomic E-state index is 12.4. The van der Waals surface area contributed by atoms with Crippen LogP contribution in [0.1, 0.15) is 23.8 Å². The number of oxime groups is 1. The second kappa shape index (κ2) is 5.29. The highest BCUT2D eigenvalue weighted by atomic mass is 32.1. The van der Waals surface area contributed by atoms with E-state index >= 15 is 0 Å². The van der Waals surface area contributed by atoms with E-state index in [1.807, 2.05) is 30.5 Å². The van der Waals surface area contributed by atoms with Gasteiger partial charge in [-0.2, -0.15) is 0 Å². The van der Waals surface area contributed by atoms with Gasteiger partial charge in [-0.15, -0.1) is 11.3 Å². The lowest BCUT2D eigenvalue weighted by Gasteiger charge is -2.19. The molecule has 3 rings (SSSR count). The maximum atomic E-state index is 12.4. The zero-order chi connectivity index (χ0) is 14.9. The van der Waals surface area contributed by atoms with E-state index in [1.54, 1.807) is 30.5 Å². The summed E-state index contributed by atoms with van der Waals surface area (Å²) in [4.78, 5) is 23.0. The number of nitrogens with one attached hydrogen (secondary N) is 1. The molecule has 6 heteroatoms. The van der Waals surface area contributed by atoms with Gasteiger partial charge in [0.15, 0.2) is 0 Å². The third-order valence-corrected chi connectivity index (χ3v) is 4.22. The van der Waals surface area contributed by atoms with Crippen LogP contribution in [0.4, 0.5) is 5.82 Å². The Morgan fingerprint density at radius 2 is 2.29 bits per heavy atom. The lowest BCUT2D eigenvalue weighted by molar-refractivity contribution is -0.135. The number of carbonyl (C=O) groups excluding carboxylic acids is 1. The van der Waals surface area contributed by atoms with Crippen LogP contribution in [0, 0.1) is 6.92 Å². The van der Waals surface area contributed by atoms with Gasteiger partial charge in [0.1, 0.15) is 11.5 Å². The highest BCUT2D eigenvalue weighted by Gasteiger charge is 2.42. The molecule has 1 aliphatic rings. The van der Waals surface area contributed by atoms with E-state index in [0.29, 0.717) is 12.2 Å². The first-order valence-corrected chi connectivity index (χ1v) is 7.48. The minimum absolute atomic E-state index is 0.242. The number of rotatable bonds is 3. The van der Waals surface area contributed by atoms with Crippen molar-refractivity contribution in [3.63, 3.8) is 0 Å². The fraction of sp³-hybridized carbons (Fsp3) is 0.267. The summed E-state index contributed by atoms with van der Waals surface area (Å²) in [5.41, 5.74) is 0.852. The summed E-state index contributed by atoms with van der Waals surface area (Å²) in [6.07, 6.45) is 2.16. The minimum atomic E-state index is -0.994. The molecule has 1 atom stereocenters. The molecule has 1 amide bonds. The molecule has 1 unspecified atom stereocenters. The standard InChI is InChI=1S/C15H15N3O2S/c1-10-5-6-13(16-9-10)17-14(19)15(2)8-11(18-20-15)12-4-3-7-21-12/h3-7,9H,8H2,1-2H3,(H,16,17,19). The van der Waals surface area contributed by atoms with Gasteiger partial charge in [-0.05, 0) is 36.9 Å². The first-order valence-electron chi connectivity index (χ1n) is 6.60. The quantitative estimate of drug-likeness (QED) is 0.948. The molecule has 0 spiro atoms. The smallest absolute Gasteiger partial charge is 0.272 e. The van der Waals surface area contributed by atoms with Crippen molar-refractivity contribution < 1.29 is 9.63 Å². The van der Waals surface area contributed by atoms with Crippen LogP contribution in [0.5, 0.6) is 0 Å². The van der Waals surface area contributed by atoms with Crippen molar-refractivity contribution in [1.29, 1.82) is 0 Å². The van der Waals surface area contributed by atoms with Gasteiger partial charge in [-0.1, -0.05) is 17.3 Å². The molecule has 5 nitrogen and oxygen atoms in total. The number of aryl methyl sites for hydroxylation is 1. The molecule has 2 aromatic heterocycles. The van der Waals surface area contributed by atoms with Gasteiger partial charge in [0.25, 0.3) is 5.91 Å². The normalized spacial score (nSPS) is 20.8. The van der Waals surface area contributed by atoms with Crippen LogP contribution in [0.2, 0.25) is 0 Å². The van der Waals surface area contributed by atoms with Gasteiger partial charge in [0.2, 0.25) is 5.60 Å². The summed E-state index contributed by atoms with van der Waals surface area (Å²) in [6.45, 7) is 3.68. The average molecular weight is 301 g/mol. The SMILES string of the molecule is Cc1ccc(NC(=O)C2(C)CC(c3cccs3)=NO2)nc1. The first-order chi connectivity index (χ1) is 10.1. The van der Waals surface area contributed by atoms with Crippen molar-refractivity contribution in [3.8, 4) is 0 Å². The van der Waals surface area contributed by atoms with Crippen molar-refractivity contribution in [2.75, 3.05) is 5.32 Å². The van der Waals surface area contributed by atoms with Crippen molar-refractivity contribution in [2.24, 2.45) is 5.16 Å². The third-order valence-electron chi connectivity index (χ3n) is 3.30. The number of hydrogen-bond donors (Lipinski definition) is 1. The second-order valence-corrected chi connectivity index (χ2v) is 6.14. The number of pyridine rings is 1. The lowest BCUT2D eigenvalue weighted by atomic mass is 9.98. The zero-order valence-corrected chi connectivity index (χ0v) is 12.6. The molecule has 0 aliphatic carbocycles. The summed E-state index contributed by atoms with van der Waals surface area (Å²) in [5.74, 6) is 0.272. The number of hydrogen-bond acceptors (Lipinski definition) is 5. The van der Waals surface area contributed by atoms with Gasteiger partial charge in [0, 0.05) is 12.6 Å². The Morgan fingerprint density at radius 1 is 1.43 bits per heavy atom. The molecule has 21 heavy (non-hydrogen) atoms. The van der Waals surface area contributed by atoms with Crippen LogP contribution in [0.15, 0.2) is 41.0 Å². The van der Waals surface area contributed by atoms with E-state index in [4.69, 9.17) is 4.84 Å². The Bertz CT molecular complexity index is 679. The minimum Gasteiger partial charge on any atom is -0.379 e. The van der Waals surface area contributed by atoms with Crippen LogP contribution in [-0.2, 0) is 9.63 Å². The summed E-state index contributed by atoms with van der Waals surface area (Å²) in [6, 6.07) is 7.59. The molecule has 0 bridgehead atoms. The van der Waals surface area contributed by atoms with Gasteiger partial charge in [0.05, 0.1) is 4.88 Å². The fourth-order valence-electron chi connectivity index (χ4n) is 2.03. The molecule has 0 aromatic carbocycles. The highest BCUT2D eigenvalue weighted by Crippen LogP contribution is 2.29. The Morgan fingerprint density at radius 3 is 2.95 bits per heavy atom. The average Bonchev–Trinajstić information content (AvgIpc) is 3.11. The van der Waals surface area contributed by atoms with E-state index in [9.17, 15) is 4.79 Å². The molecule has 1 N–H and O–H groups in total. The monoisotopic (exact) mass is 301 g/mol. The maximum Gasteiger partial charge on any atom is 0.272 e. The largest absolute Gasteiger partial charge is 0.379 e. The summed E-state index contributed by atoms with van der Waals surface area (Å²) >= 11 is 1.58. The molecule has 0 fully saturated rings. The van der Waals surface area contributed by atoms with Gasteiger partial charge in [-0.3, -0.25) is 4.79 Å². The molecule has 3 heterocycles. The van der Waals surface area contributed by atoms with Crippen molar-refractivity contribution in [1.82, 2.24) is 4.98 Å². The Labute approximate surface area is 126 Å². The topological polar surface area (TPSA) is 63.6 Å². The predicted octanol–water partition coefficient (Wildman–Crippen LogP) is 2.97. The fourth-order valence-corrected chi connectivity index (χ4v) is 2.73. The third kappa shape index (κ3) is 2.80. The van der Waals surface area contributed by atoms with Crippen molar-refractivity contribution >= 4 is 28.8 Å². The van der Waals surface area contributed by atoms with Crippen LogP contribution in [-0.4, -0.2) is 22.2 Å². The lowest BCUT2D eigenvalue weighted by Crippen LogP contribution is -2.40. The number of thiophene rings is 1. The van der Waals surface area contributed by atoms with Gasteiger partial charge < -0.3 is 10.2 Å². The Balaban J connectivity index is 1.69. The highest BCUT2D eigenvalue weighted by molar-refractivity contribution is 7.12. The molecule has 108 valence electrons.